The molecule has 1 aromatic rings. The van der Waals surface area contributed by atoms with Gasteiger partial charge in [0.25, 0.3) is 10.1 Å². The number of hydrogen-bond acceptors (Lipinski definition) is 3. The van der Waals surface area contributed by atoms with E-state index >= 15 is 0 Å². The van der Waals surface area contributed by atoms with Gasteiger partial charge in [-0.2, -0.15) is 19.8 Å². The molecule has 11 heavy (non-hydrogen) atoms. The fourth-order valence-corrected chi connectivity index (χ4v) is 2.01. The summed E-state index contributed by atoms with van der Waals surface area (Å²) in [4.78, 5) is 0. The Labute approximate surface area is 69.4 Å². The lowest BCUT2D eigenvalue weighted by molar-refractivity contribution is 0.472. The predicted molar refractivity (Wildman–Crippen MR) is 44.3 cm³/mol. The third-order valence-corrected chi connectivity index (χ3v) is 3.33. The lowest BCUT2D eigenvalue weighted by Crippen LogP contribution is -2.06. The molecule has 1 unspecified atom stereocenters. The number of hydrogen-bond donors (Lipinski definition) is 1. The Bertz CT molecular complexity index is 312. The van der Waals surface area contributed by atoms with E-state index in [1.54, 1.807) is 16.8 Å². The molecular weight excluding hydrogens is 184 g/mol. The minimum absolute atomic E-state index is 0.637. The Morgan fingerprint density at radius 2 is 2.27 bits per heavy atom. The van der Waals surface area contributed by atoms with Crippen molar-refractivity contribution < 1.29 is 13.0 Å². The SMILES string of the molecule is CC(c1ccsc1)S(=O)(=O)O. The van der Waals surface area contributed by atoms with E-state index in [1.807, 2.05) is 0 Å². The second kappa shape index (κ2) is 2.92. The van der Waals surface area contributed by atoms with E-state index in [9.17, 15) is 8.42 Å². The Morgan fingerprint density at radius 3 is 2.64 bits per heavy atom. The molecule has 3 nitrogen and oxygen atoms in total. The Kier molecular flexibility index (Phi) is 2.31. The quantitative estimate of drug-likeness (QED) is 0.725. The van der Waals surface area contributed by atoms with E-state index in [-0.39, 0.29) is 0 Å². The Morgan fingerprint density at radius 1 is 1.64 bits per heavy atom. The number of rotatable bonds is 2. The van der Waals surface area contributed by atoms with E-state index in [0.717, 1.165) is 0 Å². The lowest BCUT2D eigenvalue weighted by atomic mass is 10.3. The molecule has 0 spiro atoms. The van der Waals surface area contributed by atoms with Crippen molar-refractivity contribution in [1.82, 2.24) is 0 Å². The molecule has 0 radical (unpaired) electrons. The van der Waals surface area contributed by atoms with Crippen LogP contribution in [0, 0.1) is 0 Å². The van der Waals surface area contributed by atoms with Gasteiger partial charge in [0.05, 0.1) is 0 Å². The van der Waals surface area contributed by atoms with Gasteiger partial charge in [-0.05, 0) is 29.3 Å². The molecule has 0 fully saturated rings. The summed E-state index contributed by atoms with van der Waals surface area (Å²) in [6.45, 7) is 1.46. The third-order valence-electron chi connectivity index (χ3n) is 1.46. The molecule has 1 rings (SSSR count). The Hall–Kier alpha value is -0.390. The summed E-state index contributed by atoms with van der Waals surface area (Å²) in [5.74, 6) is 0. The molecule has 0 amide bonds. The van der Waals surface area contributed by atoms with Crippen LogP contribution in [0.5, 0.6) is 0 Å². The molecule has 0 aliphatic heterocycles. The summed E-state index contributed by atoms with van der Waals surface area (Å²) in [5.41, 5.74) is 0.637. The predicted octanol–water partition coefficient (Wildman–Crippen LogP) is 1.70. The minimum atomic E-state index is -3.92. The van der Waals surface area contributed by atoms with Crippen LogP contribution in [-0.2, 0) is 10.1 Å². The van der Waals surface area contributed by atoms with Gasteiger partial charge in [-0.15, -0.1) is 0 Å². The van der Waals surface area contributed by atoms with E-state index < -0.39 is 15.4 Å². The monoisotopic (exact) mass is 192 g/mol. The summed E-state index contributed by atoms with van der Waals surface area (Å²) in [5, 5.41) is 2.67. The molecule has 0 saturated heterocycles. The van der Waals surface area contributed by atoms with Crippen LogP contribution in [0.3, 0.4) is 0 Å². The largest absolute Gasteiger partial charge is 0.285 e. The smallest absolute Gasteiger partial charge is 0.271 e. The molecule has 62 valence electrons. The molecular formula is C6H8O3S2. The van der Waals surface area contributed by atoms with E-state index in [2.05, 4.69) is 0 Å². The molecule has 5 heteroatoms. The molecule has 0 bridgehead atoms. The van der Waals surface area contributed by atoms with Crippen LogP contribution < -0.4 is 0 Å². The van der Waals surface area contributed by atoms with Gasteiger partial charge < -0.3 is 0 Å². The number of thiophene rings is 1. The highest BCUT2D eigenvalue weighted by Crippen LogP contribution is 2.22. The van der Waals surface area contributed by atoms with Gasteiger partial charge in [-0.25, -0.2) is 0 Å². The van der Waals surface area contributed by atoms with E-state index in [0.29, 0.717) is 5.56 Å². The normalized spacial score (nSPS) is 14.7. The maximum atomic E-state index is 10.6. The summed E-state index contributed by atoms with van der Waals surface area (Å²) >= 11 is 1.41. The van der Waals surface area contributed by atoms with Crippen molar-refractivity contribution >= 4 is 21.5 Å². The zero-order chi connectivity index (χ0) is 8.48. The average molecular weight is 192 g/mol. The standard InChI is InChI=1S/C6H8O3S2/c1-5(11(7,8)9)6-2-3-10-4-6/h2-5H,1H3,(H,7,8,9). The van der Waals surface area contributed by atoms with Crippen LogP contribution in [0.1, 0.15) is 17.7 Å². The van der Waals surface area contributed by atoms with Crippen molar-refractivity contribution in [2.24, 2.45) is 0 Å². The third kappa shape index (κ3) is 2.02. The van der Waals surface area contributed by atoms with Crippen LogP contribution in [-0.4, -0.2) is 13.0 Å². The van der Waals surface area contributed by atoms with Crippen LogP contribution in [0.2, 0.25) is 0 Å². The molecule has 1 atom stereocenters. The van der Waals surface area contributed by atoms with E-state index in [4.69, 9.17) is 4.55 Å². The van der Waals surface area contributed by atoms with Crippen molar-refractivity contribution in [2.75, 3.05) is 0 Å². The van der Waals surface area contributed by atoms with Gasteiger partial charge in [0.15, 0.2) is 0 Å². The lowest BCUT2D eigenvalue weighted by Gasteiger charge is -2.03. The van der Waals surface area contributed by atoms with Crippen LogP contribution in [0.15, 0.2) is 16.8 Å². The van der Waals surface area contributed by atoms with Gasteiger partial charge >= 0.3 is 0 Å². The molecule has 1 N–H and O–H groups in total. The van der Waals surface area contributed by atoms with Crippen molar-refractivity contribution in [3.05, 3.63) is 22.4 Å². The van der Waals surface area contributed by atoms with Crippen molar-refractivity contribution in [2.45, 2.75) is 12.2 Å². The summed E-state index contributed by atoms with van der Waals surface area (Å²) in [6.07, 6.45) is 0. The van der Waals surface area contributed by atoms with Gasteiger partial charge in [0.2, 0.25) is 0 Å². The van der Waals surface area contributed by atoms with Gasteiger partial charge in [0.1, 0.15) is 5.25 Å². The first-order valence-electron chi connectivity index (χ1n) is 3.00. The van der Waals surface area contributed by atoms with E-state index in [1.165, 1.54) is 18.3 Å². The second-order valence-corrected chi connectivity index (χ2v) is 4.73. The topological polar surface area (TPSA) is 54.4 Å². The highest BCUT2D eigenvalue weighted by Gasteiger charge is 2.19. The molecule has 0 aliphatic rings. The zero-order valence-corrected chi connectivity index (χ0v) is 7.52. The molecule has 0 saturated carbocycles. The average Bonchev–Trinajstić information content (AvgIpc) is 2.34. The molecule has 0 aromatic carbocycles. The fourth-order valence-electron chi connectivity index (χ4n) is 0.678. The molecule has 0 aliphatic carbocycles. The fraction of sp³-hybridized carbons (Fsp3) is 0.333. The van der Waals surface area contributed by atoms with Crippen LogP contribution >= 0.6 is 11.3 Å². The van der Waals surface area contributed by atoms with Gasteiger partial charge in [-0.1, -0.05) is 0 Å². The Balaban J connectivity index is 2.97. The summed E-state index contributed by atoms with van der Waals surface area (Å²) in [7, 11) is -3.92. The zero-order valence-electron chi connectivity index (χ0n) is 5.89. The highest BCUT2D eigenvalue weighted by molar-refractivity contribution is 7.86. The van der Waals surface area contributed by atoms with Crippen molar-refractivity contribution in [1.29, 1.82) is 0 Å². The van der Waals surface area contributed by atoms with Crippen LogP contribution in [0.25, 0.3) is 0 Å². The molecule has 1 aromatic heterocycles. The summed E-state index contributed by atoms with van der Waals surface area (Å²) < 4.78 is 29.8. The van der Waals surface area contributed by atoms with Gasteiger partial charge in [0, 0.05) is 0 Å². The maximum absolute atomic E-state index is 10.6. The highest BCUT2D eigenvalue weighted by atomic mass is 32.2. The van der Waals surface area contributed by atoms with Crippen LogP contribution in [0.4, 0.5) is 0 Å². The van der Waals surface area contributed by atoms with Crippen molar-refractivity contribution in [3.63, 3.8) is 0 Å². The maximum Gasteiger partial charge on any atom is 0.271 e. The first-order valence-corrected chi connectivity index (χ1v) is 5.45. The first-order chi connectivity index (χ1) is 5.02. The second-order valence-electron chi connectivity index (χ2n) is 2.21. The molecule has 1 heterocycles. The first kappa shape index (κ1) is 8.70. The van der Waals surface area contributed by atoms with Gasteiger partial charge in [-0.3, -0.25) is 4.55 Å². The minimum Gasteiger partial charge on any atom is -0.285 e. The van der Waals surface area contributed by atoms with Crippen molar-refractivity contribution in [3.8, 4) is 0 Å². The summed E-state index contributed by atoms with van der Waals surface area (Å²) in [6, 6.07) is 1.68.